The summed E-state index contributed by atoms with van der Waals surface area (Å²) in [5, 5.41) is 14.0. The first-order valence-electron chi connectivity index (χ1n) is 2.97. The van der Waals surface area contributed by atoms with E-state index in [1.165, 1.54) is 4.68 Å². The minimum Gasteiger partial charge on any atom is -1.00 e. The van der Waals surface area contributed by atoms with E-state index in [4.69, 9.17) is 17.4 Å². The van der Waals surface area contributed by atoms with Crippen molar-refractivity contribution in [1.82, 2.24) is 20.2 Å². The number of primary sulfonamides is 1. The normalized spacial score (nSPS) is 10.8. The van der Waals surface area contributed by atoms with Crippen molar-refractivity contribution < 1.29 is 39.4 Å². The molecule has 1 heterocycles. The van der Waals surface area contributed by atoms with Crippen molar-refractivity contribution in [2.75, 3.05) is 5.75 Å². The molecule has 0 fully saturated rings. The van der Waals surface area contributed by atoms with E-state index in [9.17, 15) is 8.42 Å². The first-order chi connectivity index (χ1) is 5.49. The third-order valence-corrected chi connectivity index (χ3v) is 2.18. The molecule has 1 aromatic rings. The number of nitrogens with one attached hydrogen (secondary N) is 1. The van der Waals surface area contributed by atoms with Crippen LogP contribution in [-0.2, 0) is 16.6 Å². The van der Waals surface area contributed by atoms with Gasteiger partial charge in [0.1, 0.15) is 0 Å². The summed E-state index contributed by atoms with van der Waals surface area (Å²) in [6.45, 7) is 0.144. The zero-order valence-electron chi connectivity index (χ0n) is 7.97. The molecule has 0 unspecified atom stereocenters. The Labute approximate surface area is 104 Å². The van der Waals surface area contributed by atoms with Crippen LogP contribution < -0.4 is 34.7 Å². The number of hydrogen-bond acceptors (Lipinski definition) is 5. The summed E-state index contributed by atoms with van der Waals surface area (Å²) in [6.07, 6.45) is 0. The van der Waals surface area contributed by atoms with Crippen LogP contribution in [0.3, 0.4) is 0 Å². The fourth-order valence-electron chi connectivity index (χ4n) is 0.580. The van der Waals surface area contributed by atoms with Gasteiger partial charge in [-0.15, -0.1) is 0 Å². The van der Waals surface area contributed by atoms with E-state index in [1.54, 1.807) is 0 Å². The Morgan fingerprint density at radius 3 is 2.69 bits per heavy atom. The van der Waals surface area contributed by atoms with E-state index >= 15 is 0 Å². The minimum atomic E-state index is -3.46. The molecular formula is C3H8N5NaO2S2. The molecule has 0 aromatic carbocycles. The number of hydrogen-bond donors (Lipinski definition) is 2. The Balaban J connectivity index is 0. The summed E-state index contributed by atoms with van der Waals surface area (Å²) < 4.78 is 22.6. The Hall–Kier alpha value is 0.200. The molecule has 0 atom stereocenters. The Morgan fingerprint density at radius 2 is 2.31 bits per heavy atom. The summed E-state index contributed by atoms with van der Waals surface area (Å²) in [5.41, 5.74) is 0. The molecule has 0 bridgehead atoms. The largest absolute Gasteiger partial charge is 1.00 e. The molecule has 7 nitrogen and oxygen atoms in total. The van der Waals surface area contributed by atoms with Crippen molar-refractivity contribution in [3.8, 4) is 0 Å². The number of H-pyrrole nitrogens is 1. The molecule has 70 valence electrons. The van der Waals surface area contributed by atoms with E-state index < -0.39 is 10.0 Å². The molecule has 0 radical (unpaired) electrons. The predicted octanol–water partition coefficient (Wildman–Crippen LogP) is -4.26. The quantitative estimate of drug-likeness (QED) is 0.406. The predicted molar refractivity (Wildman–Crippen MR) is 44.3 cm³/mol. The summed E-state index contributed by atoms with van der Waals surface area (Å²) in [7, 11) is -3.46. The van der Waals surface area contributed by atoms with Crippen molar-refractivity contribution >= 4 is 22.2 Å². The van der Waals surface area contributed by atoms with E-state index in [0.29, 0.717) is 0 Å². The second-order valence-electron chi connectivity index (χ2n) is 2.10. The standard InChI is InChI=1S/C3H7N5O2S2.Na.H/c4-12(9,10)2-1-8-3(11)5-6-7-8;;/h1-2H2,(H2,4,9,10)(H,5,7,11);;/q;+1;-1. The number of tetrazole rings is 1. The van der Waals surface area contributed by atoms with Crippen LogP contribution in [0.15, 0.2) is 0 Å². The molecule has 1 aromatic heterocycles. The molecule has 0 saturated carbocycles. The molecule has 0 amide bonds. The second kappa shape index (κ2) is 5.17. The van der Waals surface area contributed by atoms with Gasteiger partial charge in [0.05, 0.1) is 12.3 Å². The summed E-state index contributed by atoms with van der Waals surface area (Å²) in [6, 6.07) is 0. The van der Waals surface area contributed by atoms with Gasteiger partial charge in [-0.05, 0) is 12.2 Å². The summed E-state index contributed by atoms with van der Waals surface area (Å²) in [5.74, 6) is -0.189. The zero-order chi connectivity index (χ0) is 9.19. The fraction of sp³-hybridized carbons (Fsp3) is 0.667. The molecule has 1 rings (SSSR count). The van der Waals surface area contributed by atoms with Crippen LogP contribution >= 0.6 is 12.2 Å². The van der Waals surface area contributed by atoms with Gasteiger partial charge in [0, 0.05) is 0 Å². The average molecular weight is 233 g/mol. The SMILES string of the molecule is NS(=O)(=O)CCn1[nH]nnc1=S.[H-].[Na+]. The molecule has 0 aliphatic rings. The first-order valence-corrected chi connectivity index (χ1v) is 5.10. The minimum absolute atomic E-state index is 0. The molecule has 0 aliphatic heterocycles. The van der Waals surface area contributed by atoms with Crippen LogP contribution in [0.4, 0.5) is 0 Å². The molecule has 3 N–H and O–H groups in total. The van der Waals surface area contributed by atoms with Crippen LogP contribution in [-0.4, -0.2) is 34.4 Å². The number of sulfonamides is 1. The Bertz CT molecular complexity index is 413. The number of nitrogens with two attached hydrogens (primary N) is 1. The number of rotatable bonds is 3. The third kappa shape index (κ3) is 4.84. The second-order valence-corrected chi connectivity index (χ2v) is 4.20. The van der Waals surface area contributed by atoms with Crippen molar-refractivity contribution in [2.24, 2.45) is 5.14 Å². The molecule has 0 aliphatic carbocycles. The van der Waals surface area contributed by atoms with E-state index in [0.717, 1.165) is 0 Å². The summed E-state index contributed by atoms with van der Waals surface area (Å²) >= 11 is 4.70. The smallest absolute Gasteiger partial charge is 1.00 e. The van der Waals surface area contributed by atoms with Crippen LogP contribution in [0.2, 0.25) is 0 Å². The van der Waals surface area contributed by atoms with Gasteiger partial charge in [-0.2, -0.15) is 5.21 Å². The van der Waals surface area contributed by atoms with Crippen LogP contribution in [0, 0.1) is 4.77 Å². The van der Waals surface area contributed by atoms with Gasteiger partial charge in [0.2, 0.25) is 14.8 Å². The van der Waals surface area contributed by atoms with Gasteiger partial charge >= 0.3 is 29.6 Å². The van der Waals surface area contributed by atoms with E-state index in [2.05, 4.69) is 15.5 Å². The molecule has 13 heavy (non-hydrogen) atoms. The topological polar surface area (TPSA) is 107 Å². The third-order valence-electron chi connectivity index (χ3n) is 1.13. The van der Waals surface area contributed by atoms with Crippen molar-refractivity contribution in [3.05, 3.63) is 4.77 Å². The fourth-order valence-corrected chi connectivity index (χ4v) is 1.19. The molecule has 0 spiro atoms. The maximum atomic E-state index is 10.5. The number of aromatic nitrogens is 4. The monoisotopic (exact) mass is 233 g/mol. The first kappa shape index (κ1) is 13.2. The van der Waals surface area contributed by atoms with Gasteiger partial charge in [-0.3, -0.25) is 0 Å². The van der Waals surface area contributed by atoms with Gasteiger partial charge in [0.25, 0.3) is 0 Å². The molecular weight excluding hydrogens is 225 g/mol. The zero-order valence-corrected chi connectivity index (χ0v) is 10.6. The van der Waals surface area contributed by atoms with Crippen LogP contribution in [0.5, 0.6) is 0 Å². The van der Waals surface area contributed by atoms with Crippen molar-refractivity contribution in [1.29, 1.82) is 0 Å². The number of aromatic amines is 1. The van der Waals surface area contributed by atoms with Crippen molar-refractivity contribution in [2.45, 2.75) is 6.54 Å². The number of aryl methyl sites for hydroxylation is 1. The maximum Gasteiger partial charge on any atom is 1.00 e. The number of nitrogens with zero attached hydrogens (tertiary/aromatic N) is 3. The van der Waals surface area contributed by atoms with E-state index in [1.807, 2.05) is 0 Å². The average Bonchev–Trinajstić information content (AvgIpc) is 2.29. The molecule has 0 saturated heterocycles. The van der Waals surface area contributed by atoms with Crippen LogP contribution in [0.1, 0.15) is 1.43 Å². The summed E-state index contributed by atoms with van der Waals surface area (Å²) in [4.78, 5) is 0. The van der Waals surface area contributed by atoms with Crippen LogP contribution in [0.25, 0.3) is 0 Å². The maximum absolute atomic E-state index is 10.5. The van der Waals surface area contributed by atoms with Crippen molar-refractivity contribution in [3.63, 3.8) is 0 Å². The van der Waals surface area contributed by atoms with Gasteiger partial charge in [-0.25, -0.2) is 18.2 Å². The Kier molecular flexibility index (Phi) is 5.25. The molecule has 10 heteroatoms. The van der Waals surface area contributed by atoms with Gasteiger partial charge in [-0.1, -0.05) is 10.3 Å². The van der Waals surface area contributed by atoms with Gasteiger partial charge in [0.15, 0.2) is 0 Å². The van der Waals surface area contributed by atoms with Gasteiger partial charge < -0.3 is 1.43 Å². The Morgan fingerprint density at radius 1 is 1.69 bits per heavy atom. The van der Waals surface area contributed by atoms with E-state index in [-0.39, 0.29) is 48.1 Å².